The summed E-state index contributed by atoms with van der Waals surface area (Å²) in [6.45, 7) is 0. The first-order valence-electron chi connectivity index (χ1n) is 11.9. The van der Waals surface area contributed by atoms with Crippen LogP contribution in [0.4, 0.5) is 0 Å². The molecule has 10 heteroatoms. The average molecular weight is 544 g/mol. The Morgan fingerprint density at radius 1 is 0.872 bits per heavy atom. The van der Waals surface area contributed by atoms with Crippen molar-refractivity contribution in [2.75, 3.05) is 7.11 Å². The number of hydrogen-bond donors (Lipinski definition) is 1. The molecule has 0 radical (unpaired) electrons. The lowest BCUT2D eigenvalue weighted by molar-refractivity contribution is 0.185. The SMILES string of the molecule is COc1ccc2c(Cc3cc4c(oc3=O)-c3ccccc3OC4NS(=O)(=O)c3ccccc3)cc(=O)oc2c1. The summed E-state index contributed by atoms with van der Waals surface area (Å²) in [4.78, 5) is 25.5. The lowest BCUT2D eigenvalue weighted by atomic mass is 9.98. The summed E-state index contributed by atoms with van der Waals surface area (Å²) >= 11 is 0. The number of methoxy groups -OCH3 is 1. The van der Waals surface area contributed by atoms with Gasteiger partial charge in [-0.25, -0.2) is 18.0 Å². The molecule has 0 saturated heterocycles. The number of nitrogens with one attached hydrogen (secondary N) is 1. The highest BCUT2D eigenvalue weighted by Crippen LogP contribution is 2.41. The molecule has 3 aromatic carbocycles. The number of ether oxygens (including phenoxy) is 2. The zero-order chi connectivity index (χ0) is 27.1. The van der Waals surface area contributed by atoms with Crippen molar-refractivity contribution in [1.29, 1.82) is 0 Å². The summed E-state index contributed by atoms with van der Waals surface area (Å²) in [5, 5.41) is 0.621. The molecule has 6 rings (SSSR count). The Hall–Kier alpha value is -4.67. The number of hydrogen-bond acceptors (Lipinski definition) is 8. The van der Waals surface area contributed by atoms with Crippen LogP contribution in [-0.2, 0) is 16.4 Å². The highest BCUT2D eigenvalue weighted by molar-refractivity contribution is 7.89. The van der Waals surface area contributed by atoms with E-state index in [2.05, 4.69) is 4.72 Å². The van der Waals surface area contributed by atoms with Crippen molar-refractivity contribution in [1.82, 2.24) is 4.72 Å². The van der Waals surface area contributed by atoms with Crippen LogP contribution in [-0.4, -0.2) is 15.5 Å². The summed E-state index contributed by atoms with van der Waals surface area (Å²) < 4.78 is 51.3. The van der Waals surface area contributed by atoms with Crippen LogP contribution in [0.2, 0.25) is 0 Å². The van der Waals surface area contributed by atoms with Gasteiger partial charge >= 0.3 is 11.3 Å². The second-order valence-corrected chi connectivity index (χ2v) is 10.6. The summed E-state index contributed by atoms with van der Waals surface area (Å²) in [5.41, 5.74) is 0.702. The third-order valence-corrected chi connectivity index (χ3v) is 7.86. The van der Waals surface area contributed by atoms with Gasteiger partial charge in [0.05, 0.1) is 23.1 Å². The number of fused-ring (bicyclic) bond motifs is 4. The molecule has 0 bridgehead atoms. The van der Waals surface area contributed by atoms with Crippen LogP contribution in [0.3, 0.4) is 0 Å². The maximum absolute atomic E-state index is 13.2. The first-order valence-corrected chi connectivity index (χ1v) is 13.4. The van der Waals surface area contributed by atoms with E-state index in [4.69, 9.17) is 18.3 Å². The van der Waals surface area contributed by atoms with Gasteiger partial charge in [-0.3, -0.25) is 0 Å². The molecular formula is C29H21NO8S. The van der Waals surface area contributed by atoms with Crippen LogP contribution in [0, 0.1) is 0 Å². The van der Waals surface area contributed by atoms with Gasteiger partial charge in [-0.1, -0.05) is 30.3 Å². The molecule has 1 N–H and O–H groups in total. The highest BCUT2D eigenvalue weighted by Gasteiger charge is 2.33. The van der Waals surface area contributed by atoms with E-state index in [0.29, 0.717) is 39.2 Å². The first-order chi connectivity index (χ1) is 18.8. The minimum Gasteiger partial charge on any atom is -0.497 e. The smallest absolute Gasteiger partial charge is 0.339 e. The molecule has 1 aliphatic heterocycles. The summed E-state index contributed by atoms with van der Waals surface area (Å²) in [7, 11) is -2.48. The third kappa shape index (κ3) is 4.60. The van der Waals surface area contributed by atoms with Crippen LogP contribution in [0.1, 0.15) is 22.9 Å². The molecule has 0 saturated carbocycles. The zero-order valence-corrected chi connectivity index (χ0v) is 21.4. The lowest BCUT2D eigenvalue weighted by Crippen LogP contribution is -2.34. The summed E-state index contributed by atoms with van der Waals surface area (Å²) in [5.74, 6) is 1.08. The average Bonchev–Trinajstić information content (AvgIpc) is 2.93. The molecule has 0 fully saturated rings. The molecular weight excluding hydrogens is 522 g/mol. The monoisotopic (exact) mass is 543 g/mol. The predicted molar refractivity (Wildman–Crippen MR) is 142 cm³/mol. The number of sulfonamides is 1. The normalized spacial score (nSPS) is 14.3. The minimum atomic E-state index is -3.99. The molecule has 196 valence electrons. The van der Waals surface area contributed by atoms with E-state index in [1.165, 1.54) is 25.3 Å². The fourth-order valence-corrected chi connectivity index (χ4v) is 5.70. The Morgan fingerprint density at radius 2 is 1.64 bits per heavy atom. The van der Waals surface area contributed by atoms with Crippen LogP contribution < -0.4 is 25.4 Å². The van der Waals surface area contributed by atoms with Crippen molar-refractivity contribution < 1.29 is 26.7 Å². The zero-order valence-electron chi connectivity index (χ0n) is 20.5. The van der Waals surface area contributed by atoms with Crippen LogP contribution in [0.25, 0.3) is 22.3 Å². The fourth-order valence-electron chi connectivity index (χ4n) is 4.59. The number of rotatable bonds is 6. The fraction of sp³-hybridized carbons (Fsp3) is 0.103. The van der Waals surface area contributed by atoms with Crippen molar-refractivity contribution in [3.63, 3.8) is 0 Å². The Kier molecular flexibility index (Phi) is 6.05. The number of benzene rings is 3. The van der Waals surface area contributed by atoms with Gasteiger partial charge < -0.3 is 18.3 Å². The summed E-state index contributed by atoms with van der Waals surface area (Å²) in [6.07, 6.45) is -1.14. The van der Waals surface area contributed by atoms with Gasteiger partial charge in [0.2, 0.25) is 10.0 Å². The molecule has 1 unspecified atom stereocenters. The van der Waals surface area contributed by atoms with Crippen molar-refractivity contribution in [3.05, 3.63) is 122 Å². The van der Waals surface area contributed by atoms with Gasteiger partial charge in [-0.05, 0) is 48.0 Å². The van der Waals surface area contributed by atoms with Crippen molar-refractivity contribution in [3.8, 4) is 22.8 Å². The molecule has 0 aliphatic carbocycles. The lowest BCUT2D eigenvalue weighted by Gasteiger charge is -2.28. The van der Waals surface area contributed by atoms with E-state index in [1.54, 1.807) is 66.7 Å². The van der Waals surface area contributed by atoms with Crippen molar-refractivity contribution in [2.45, 2.75) is 17.5 Å². The van der Waals surface area contributed by atoms with Gasteiger partial charge in [0.15, 0.2) is 12.0 Å². The van der Waals surface area contributed by atoms with Gasteiger partial charge in [0, 0.05) is 29.5 Å². The van der Waals surface area contributed by atoms with E-state index in [1.807, 2.05) is 0 Å². The first kappa shape index (κ1) is 24.7. The molecule has 0 amide bonds. The highest BCUT2D eigenvalue weighted by atomic mass is 32.2. The Balaban J connectivity index is 1.46. The van der Waals surface area contributed by atoms with Gasteiger partial charge in [-0.15, -0.1) is 0 Å². The maximum Gasteiger partial charge on any atom is 0.339 e. The molecule has 2 aromatic heterocycles. The molecule has 1 atom stereocenters. The molecule has 39 heavy (non-hydrogen) atoms. The molecule has 0 spiro atoms. The van der Waals surface area contributed by atoms with Gasteiger partial charge in [0.25, 0.3) is 0 Å². The van der Waals surface area contributed by atoms with Crippen LogP contribution in [0.5, 0.6) is 11.5 Å². The topological polar surface area (TPSA) is 125 Å². The van der Waals surface area contributed by atoms with Crippen molar-refractivity contribution in [2.24, 2.45) is 0 Å². The van der Waals surface area contributed by atoms with E-state index < -0.39 is 27.5 Å². The van der Waals surface area contributed by atoms with E-state index in [0.717, 1.165) is 0 Å². The molecule has 9 nitrogen and oxygen atoms in total. The minimum absolute atomic E-state index is 0.0316. The Bertz CT molecular complexity index is 1940. The third-order valence-electron chi connectivity index (χ3n) is 6.44. The van der Waals surface area contributed by atoms with Crippen LogP contribution in [0.15, 0.2) is 108 Å². The second-order valence-electron chi connectivity index (χ2n) is 8.90. The largest absolute Gasteiger partial charge is 0.497 e. The van der Waals surface area contributed by atoms with Gasteiger partial charge in [-0.2, -0.15) is 4.72 Å². The standard InChI is InChI=1S/C29H21NO8S/c1-35-19-11-12-21-17(15-26(31)36-25(21)16-19)13-18-14-23-27(38-29(18)32)22-9-5-6-10-24(22)37-28(23)30-39(33,34)20-7-3-2-4-8-20/h2-12,14-16,28,30H,13H2,1H3. The van der Waals surface area contributed by atoms with Gasteiger partial charge in [0.1, 0.15) is 17.1 Å². The molecule has 1 aliphatic rings. The predicted octanol–water partition coefficient (Wildman–Crippen LogP) is 4.38. The van der Waals surface area contributed by atoms with Crippen molar-refractivity contribution >= 4 is 21.0 Å². The second kappa shape index (κ2) is 9.57. The number of para-hydroxylation sites is 1. The quantitative estimate of drug-likeness (QED) is 0.313. The summed E-state index contributed by atoms with van der Waals surface area (Å²) in [6, 6.07) is 22.7. The van der Waals surface area contributed by atoms with E-state index in [-0.39, 0.29) is 22.6 Å². The Labute approximate surface area is 222 Å². The molecule has 3 heterocycles. The van der Waals surface area contributed by atoms with E-state index in [9.17, 15) is 18.0 Å². The maximum atomic E-state index is 13.2. The molecule has 5 aromatic rings. The van der Waals surface area contributed by atoms with E-state index >= 15 is 0 Å². The van der Waals surface area contributed by atoms with Crippen LogP contribution >= 0.6 is 0 Å². The Morgan fingerprint density at radius 3 is 2.44 bits per heavy atom.